The summed E-state index contributed by atoms with van der Waals surface area (Å²) in [5.41, 5.74) is 0. The van der Waals surface area contributed by atoms with E-state index < -0.39 is 9.84 Å². The monoisotopic (exact) mass is 147 g/mol. The van der Waals surface area contributed by atoms with Crippen LogP contribution in [0.5, 0.6) is 0 Å². The highest BCUT2D eigenvalue weighted by Gasteiger charge is 2.26. The second-order valence-electron chi connectivity index (χ2n) is 2.13. The summed E-state index contributed by atoms with van der Waals surface area (Å²) >= 11 is 0. The first-order chi connectivity index (χ1) is 4.04. The van der Waals surface area contributed by atoms with Gasteiger partial charge in [0, 0.05) is 13.6 Å². The SMILES string of the molecule is C=C1N(C)CCS1(=O)=O. The van der Waals surface area contributed by atoms with E-state index in [9.17, 15) is 8.42 Å². The van der Waals surface area contributed by atoms with Crippen molar-refractivity contribution in [2.75, 3.05) is 19.3 Å². The van der Waals surface area contributed by atoms with Crippen LogP contribution in [0.1, 0.15) is 0 Å². The molecule has 1 rings (SSSR count). The summed E-state index contributed by atoms with van der Waals surface area (Å²) in [6, 6.07) is 0. The van der Waals surface area contributed by atoms with Crippen LogP contribution in [0.25, 0.3) is 0 Å². The van der Waals surface area contributed by atoms with Crippen LogP contribution in [-0.4, -0.2) is 32.7 Å². The molecule has 0 aromatic rings. The van der Waals surface area contributed by atoms with Crippen LogP contribution in [0, 0.1) is 0 Å². The van der Waals surface area contributed by atoms with E-state index >= 15 is 0 Å². The molecule has 9 heavy (non-hydrogen) atoms. The molecule has 1 saturated heterocycles. The van der Waals surface area contributed by atoms with Gasteiger partial charge in [-0.25, -0.2) is 8.42 Å². The third-order valence-corrected chi connectivity index (χ3v) is 3.23. The number of hydrogen-bond acceptors (Lipinski definition) is 3. The Kier molecular flexibility index (Phi) is 1.27. The first kappa shape index (κ1) is 6.61. The van der Waals surface area contributed by atoms with Crippen molar-refractivity contribution in [3.63, 3.8) is 0 Å². The lowest BCUT2D eigenvalue weighted by molar-refractivity contribution is 0.493. The molecule has 1 fully saturated rings. The average Bonchev–Trinajstić information content (AvgIpc) is 1.97. The lowest BCUT2D eigenvalue weighted by Gasteiger charge is -2.06. The van der Waals surface area contributed by atoms with Crippen LogP contribution in [0.15, 0.2) is 11.6 Å². The molecular formula is C5H9NO2S. The standard InChI is InChI=1S/C5H9NO2S/c1-5-6(2)3-4-9(5,7)8/h1,3-4H2,2H3. The van der Waals surface area contributed by atoms with Gasteiger partial charge in [0.2, 0.25) is 0 Å². The first-order valence-corrected chi connectivity index (χ1v) is 4.32. The Labute approximate surface area is 54.9 Å². The molecule has 0 spiro atoms. The van der Waals surface area contributed by atoms with E-state index in [0.29, 0.717) is 6.54 Å². The molecule has 0 saturated carbocycles. The summed E-state index contributed by atoms with van der Waals surface area (Å²) in [6.07, 6.45) is 0. The van der Waals surface area contributed by atoms with Gasteiger partial charge in [-0.15, -0.1) is 0 Å². The van der Waals surface area contributed by atoms with Crippen LogP contribution < -0.4 is 0 Å². The van der Waals surface area contributed by atoms with Gasteiger partial charge < -0.3 is 4.90 Å². The van der Waals surface area contributed by atoms with E-state index in [2.05, 4.69) is 6.58 Å². The maximum absolute atomic E-state index is 10.8. The Morgan fingerprint density at radius 2 is 2.22 bits per heavy atom. The van der Waals surface area contributed by atoms with Crippen LogP contribution >= 0.6 is 0 Å². The van der Waals surface area contributed by atoms with Gasteiger partial charge in [0.05, 0.1) is 5.75 Å². The Hall–Kier alpha value is -0.510. The van der Waals surface area contributed by atoms with Crippen LogP contribution in [0.4, 0.5) is 0 Å². The summed E-state index contributed by atoms with van der Waals surface area (Å²) < 4.78 is 21.7. The summed E-state index contributed by atoms with van der Waals surface area (Å²) in [5, 5.41) is 0.252. The molecule has 0 radical (unpaired) electrons. The predicted molar refractivity (Wildman–Crippen MR) is 35.6 cm³/mol. The van der Waals surface area contributed by atoms with Crippen molar-refractivity contribution >= 4 is 9.84 Å². The Morgan fingerprint density at radius 3 is 2.33 bits per heavy atom. The molecular weight excluding hydrogens is 138 g/mol. The summed E-state index contributed by atoms with van der Waals surface area (Å²) in [6.45, 7) is 4.01. The average molecular weight is 147 g/mol. The van der Waals surface area contributed by atoms with Crippen molar-refractivity contribution in [3.8, 4) is 0 Å². The van der Waals surface area contributed by atoms with E-state index in [1.807, 2.05) is 0 Å². The maximum Gasteiger partial charge on any atom is 0.194 e. The van der Waals surface area contributed by atoms with Gasteiger partial charge >= 0.3 is 0 Å². The Balaban J connectivity index is 3.01. The second kappa shape index (κ2) is 1.73. The van der Waals surface area contributed by atoms with Crippen LogP contribution in [-0.2, 0) is 9.84 Å². The molecule has 0 aromatic carbocycles. The molecule has 0 bridgehead atoms. The van der Waals surface area contributed by atoms with Crippen LogP contribution in [0.2, 0.25) is 0 Å². The zero-order chi connectivity index (χ0) is 7.07. The predicted octanol–water partition coefficient (Wildman–Crippen LogP) is -0.182. The van der Waals surface area contributed by atoms with Crippen molar-refractivity contribution in [1.29, 1.82) is 0 Å². The summed E-state index contributed by atoms with van der Waals surface area (Å²) in [5.74, 6) is 0.225. The van der Waals surface area contributed by atoms with Crippen LogP contribution in [0.3, 0.4) is 0 Å². The van der Waals surface area contributed by atoms with Gasteiger partial charge in [-0.2, -0.15) is 0 Å². The lowest BCUT2D eigenvalue weighted by atomic mass is 10.7. The molecule has 3 nitrogen and oxygen atoms in total. The highest BCUT2D eigenvalue weighted by Crippen LogP contribution is 2.15. The van der Waals surface area contributed by atoms with Crippen molar-refractivity contribution in [2.24, 2.45) is 0 Å². The van der Waals surface area contributed by atoms with Gasteiger partial charge in [-0.3, -0.25) is 0 Å². The third kappa shape index (κ3) is 0.941. The topological polar surface area (TPSA) is 37.4 Å². The van der Waals surface area contributed by atoms with Crippen molar-refractivity contribution in [3.05, 3.63) is 11.6 Å². The van der Waals surface area contributed by atoms with Crippen molar-refractivity contribution < 1.29 is 8.42 Å². The first-order valence-electron chi connectivity index (χ1n) is 2.67. The third-order valence-electron chi connectivity index (χ3n) is 1.48. The van der Waals surface area contributed by atoms with Gasteiger partial charge in [0.15, 0.2) is 9.84 Å². The smallest absolute Gasteiger partial charge is 0.194 e. The van der Waals surface area contributed by atoms with Crippen molar-refractivity contribution in [1.82, 2.24) is 4.90 Å². The lowest BCUT2D eigenvalue weighted by Crippen LogP contribution is -2.10. The fourth-order valence-corrected chi connectivity index (χ4v) is 2.05. The summed E-state index contributed by atoms with van der Waals surface area (Å²) in [4.78, 5) is 1.65. The van der Waals surface area contributed by atoms with Crippen molar-refractivity contribution in [2.45, 2.75) is 0 Å². The van der Waals surface area contributed by atoms with E-state index in [4.69, 9.17) is 0 Å². The molecule has 0 amide bonds. The Bertz CT molecular complexity index is 229. The maximum atomic E-state index is 10.8. The van der Waals surface area contributed by atoms with Gasteiger partial charge in [-0.05, 0) is 0 Å². The molecule has 4 heteroatoms. The molecule has 52 valence electrons. The fraction of sp³-hybridized carbons (Fsp3) is 0.600. The van der Waals surface area contributed by atoms with Gasteiger partial charge in [-0.1, -0.05) is 6.58 Å². The molecule has 0 aromatic heterocycles. The molecule has 0 atom stereocenters. The van der Waals surface area contributed by atoms with E-state index in [1.54, 1.807) is 11.9 Å². The number of rotatable bonds is 0. The second-order valence-corrected chi connectivity index (χ2v) is 4.24. The molecule has 0 unspecified atom stereocenters. The minimum Gasteiger partial charge on any atom is -0.365 e. The van der Waals surface area contributed by atoms with Gasteiger partial charge in [0.1, 0.15) is 5.03 Å². The quantitative estimate of drug-likeness (QED) is 0.477. The summed E-state index contributed by atoms with van der Waals surface area (Å²) in [7, 11) is -1.21. The number of sulfone groups is 1. The zero-order valence-electron chi connectivity index (χ0n) is 5.29. The van der Waals surface area contributed by atoms with E-state index in [-0.39, 0.29) is 10.8 Å². The number of hydrogen-bond donors (Lipinski definition) is 0. The highest BCUT2D eigenvalue weighted by atomic mass is 32.2. The Morgan fingerprint density at radius 1 is 1.67 bits per heavy atom. The van der Waals surface area contributed by atoms with Gasteiger partial charge in [0.25, 0.3) is 0 Å². The van der Waals surface area contributed by atoms with E-state index in [1.165, 1.54) is 0 Å². The zero-order valence-corrected chi connectivity index (χ0v) is 6.11. The normalized spacial score (nSPS) is 25.0. The molecule has 1 heterocycles. The molecule has 1 aliphatic rings. The molecule has 0 aliphatic carbocycles. The minimum absolute atomic E-state index is 0.225. The molecule has 1 aliphatic heterocycles. The molecule has 0 N–H and O–H groups in total. The highest BCUT2D eigenvalue weighted by molar-refractivity contribution is 7.95. The fourth-order valence-electron chi connectivity index (χ4n) is 0.737. The minimum atomic E-state index is -2.94. The van der Waals surface area contributed by atoms with E-state index in [0.717, 1.165) is 0 Å². The number of nitrogens with zero attached hydrogens (tertiary/aromatic N) is 1. The largest absolute Gasteiger partial charge is 0.365 e.